The van der Waals surface area contributed by atoms with Crippen molar-refractivity contribution >= 4 is 28.3 Å². The molecule has 1 fully saturated rings. The van der Waals surface area contributed by atoms with Gasteiger partial charge in [-0.05, 0) is 57.7 Å². The average Bonchev–Trinajstić information content (AvgIpc) is 3.10. The number of benzene rings is 1. The van der Waals surface area contributed by atoms with Gasteiger partial charge in [-0.2, -0.15) is 4.31 Å². The van der Waals surface area contributed by atoms with E-state index in [1.807, 2.05) is 32.9 Å². The Labute approximate surface area is 174 Å². The first-order chi connectivity index (χ1) is 12.8. The quantitative estimate of drug-likeness (QED) is 0.706. The van der Waals surface area contributed by atoms with E-state index in [2.05, 4.69) is 16.7 Å². The molecule has 3 rings (SSSR count). The molecule has 1 unspecified atom stereocenters. The maximum atomic E-state index is 13.3. The van der Waals surface area contributed by atoms with Crippen molar-refractivity contribution in [3.63, 3.8) is 0 Å². The SMILES string of the molecule is Cc1cc(C)c(S(=O)(=O)N2CCCC2C(=O)NCC2=CCNCC2)c(C)c1.Cl. The van der Waals surface area contributed by atoms with Gasteiger partial charge in [0, 0.05) is 19.6 Å². The van der Waals surface area contributed by atoms with Crippen LogP contribution in [0, 0.1) is 20.8 Å². The molecule has 28 heavy (non-hydrogen) atoms. The molecule has 2 N–H and O–H groups in total. The summed E-state index contributed by atoms with van der Waals surface area (Å²) in [4.78, 5) is 13.1. The minimum Gasteiger partial charge on any atom is -0.351 e. The van der Waals surface area contributed by atoms with Gasteiger partial charge in [0.25, 0.3) is 0 Å². The van der Waals surface area contributed by atoms with E-state index in [0.29, 0.717) is 30.8 Å². The van der Waals surface area contributed by atoms with Gasteiger partial charge in [-0.1, -0.05) is 29.3 Å². The van der Waals surface area contributed by atoms with Crippen LogP contribution in [-0.2, 0) is 14.8 Å². The van der Waals surface area contributed by atoms with Gasteiger partial charge < -0.3 is 10.6 Å². The third kappa shape index (κ3) is 4.76. The molecular formula is C20H30ClN3O3S. The molecule has 2 aliphatic rings. The molecular weight excluding hydrogens is 398 g/mol. The summed E-state index contributed by atoms with van der Waals surface area (Å²) in [5.74, 6) is -0.196. The lowest BCUT2D eigenvalue weighted by atomic mass is 10.1. The molecule has 1 saturated heterocycles. The third-order valence-corrected chi connectivity index (χ3v) is 7.54. The van der Waals surface area contributed by atoms with Gasteiger partial charge in [0.2, 0.25) is 15.9 Å². The molecule has 0 spiro atoms. The highest BCUT2D eigenvalue weighted by molar-refractivity contribution is 7.89. The molecule has 6 nitrogen and oxygen atoms in total. The smallest absolute Gasteiger partial charge is 0.244 e. The van der Waals surface area contributed by atoms with E-state index < -0.39 is 16.1 Å². The van der Waals surface area contributed by atoms with Crippen LogP contribution in [0.25, 0.3) is 0 Å². The van der Waals surface area contributed by atoms with E-state index in [1.165, 1.54) is 9.88 Å². The lowest BCUT2D eigenvalue weighted by Crippen LogP contribution is -2.46. The van der Waals surface area contributed by atoms with Gasteiger partial charge in [-0.25, -0.2) is 8.42 Å². The van der Waals surface area contributed by atoms with Crippen molar-refractivity contribution in [1.82, 2.24) is 14.9 Å². The summed E-state index contributed by atoms with van der Waals surface area (Å²) in [6.07, 6.45) is 4.27. The Morgan fingerprint density at radius 3 is 2.54 bits per heavy atom. The zero-order valence-electron chi connectivity index (χ0n) is 16.7. The maximum Gasteiger partial charge on any atom is 0.244 e. The molecule has 0 saturated carbocycles. The van der Waals surface area contributed by atoms with E-state index >= 15 is 0 Å². The fourth-order valence-corrected chi connectivity index (χ4v) is 6.20. The molecule has 2 aliphatic heterocycles. The predicted octanol–water partition coefficient (Wildman–Crippen LogP) is 2.22. The van der Waals surface area contributed by atoms with Crippen molar-refractivity contribution < 1.29 is 13.2 Å². The minimum atomic E-state index is -3.71. The van der Waals surface area contributed by atoms with Gasteiger partial charge in [0.1, 0.15) is 6.04 Å². The molecule has 156 valence electrons. The molecule has 2 heterocycles. The van der Waals surface area contributed by atoms with Crippen LogP contribution < -0.4 is 10.6 Å². The second kappa shape index (κ2) is 9.39. The molecule has 1 amide bonds. The number of carbonyl (C=O) groups is 1. The number of halogens is 1. The first-order valence-corrected chi connectivity index (χ1v) is 11.0. The normalized spacial score (nSPS) is 20.4. The lowest BCUT2D eigenvalue weighted by Gasteiger charge is -2.25. The number of hydrogen-bond acceptors (Lipinski definition) is 4. The fraction of sp³-hybridized carbons (Fsp3) is 0.550. The summed E-state index contributed by atoms with van der Waals surface area (Å²) in [6, 6.07) is 3.14. The molecule has 0 bridgehead atoms. The molecule has 8 heteroatoms. The average molecular weight is 428 g/mol. The summed E-state index contributed by atoms with van der Waals surface area (Å²) in [7, 11) is -3.71. The van der Waals surface area contributed by atoms with Gasteiger partial charge in [0.05, 0.1) is 4.90 Å². The summed E-state index contributed by atoms with van der Waals surface area (Å²) >= 11 is 0. The van der Waals surface area contributed by atoms with Crippen molar-refractivity contribution in [3.8, 4) is 0 Å². The number of carbonyl (C=O) groups excluding carboxylic acids is 1. The Bertz CT molecular complexity index is 844. The molecule has 0 aromatic heterocycles. The maximum absolute atomic E-state index is 13.3. The zero-order chi connectivity index (χ0) is 19.6. The van der Waals surface area contributed by atoms with Gasteiger partial charge in [-0.3, -0.25) is 4.79 Å². The Balaban J connectivity index is 0.00000280. The highest BCUT2D eigenvalue weighted by atomic mass is 35.5. The van der Waals surface area contributed by atoms with Crippen LogP contribution in [0.15, 0.2) is 28.7 Å². The fourth-order valence-electron chi connectivity index (χ4n) is 4.13. The van der Waals surface area contributed by atoms with Crippen LogP contribution in [0.4, 0.5) is 0 Å². The summed E-state index contributed by atoms with van der Waals surface area (Å²) in [5.41, 5.74) is 3.70. The van der Waals surface area contributed by atoms with Crippen LogP contribution in [0.5, 0.6) is 0 Å². The predicted molar refractivity (Wildman–Crippen MR) is 113 cm³/mol. The standard InChI is InChI=1S/C20H29N3O3S.ClH/c1-14-11-15(2)19(16(3)12-14)27(25,26)23-10-4-5-18(23)20(24)22-13-17-6-8-21-9-7-17;/h6,11-12,18,21H,4-5,7-10,13H2,1-3H3,(H,22,24);1H. The van der Waals surface area contributed by atoms with Crippen molar-refractivity contribution in [2.75, 3.05) is 26.2 Å². The monoisotopic (exact) mass is 427 g/mol. The topological polar surface area (TPSA) is 78.5 Å². The van der Waals surface area contributed by atoms with E-state index in [9.17, 15) is 13.2 Å². The number of nitrogens with zero attached hydrogens (tertiary/aromatic N) is 1. The Kier molecular flexibility index (Phi) is 7.67. The van der Waals surface area contributed by atoms with Crippen LogP contribution in [-0.4, -0.2) is 50.9 Å². The number of amides is 1. The molecule has 1 aromatic rings. The van der Waals surface area contributed by atoms with E-state index in [-0.39, 0.29) is 18.3 Å². The largest absolute Gasteiger partial charge is 0.351 e. The van der Waals surface area contributed by atoms with Crippen LogP contribution in [0.3, 0.4) is 0 Å². The van der Waals surface area contributed by atoms with Crippen LogP contribution >= 0.6 is 12.4 Å². The lowest BCUT2D eigenvalue weighted by molar-refractivity contribution is -0.124. The summed E-state index contributed by atoms with van der Waals surface area (Å²) < 4.78 is 28.1. The third-order valence-electron chi connectivity index (χ3n) is 5.33. The van der Waals surface area contributed by atoms with Crippen molar-refractivity contribution in [1.29, 1.82) is 0 Å². The summed E-state index contributed by atoms with van der Waals surface area (Å²) in [6.45, 7) is 8.22. The second-order valence-electron chi connectivity index (χ2n) is 7.54. The van der Waals surface area contributed by atoms with Crippen molar-refractivity contribution in [2.45, 2.75) is 51.0 Å². The Morgan fingerprint density at radius 1 is 1.25 bits per heavy atom. The van der Waals surface area contributed by atoms with Gasteiger partial charge in [-0.15, -0.1) is 12.4 Å². The summed E-state index contributed by atoms with van der Waals surface area (Å²) in [5, 5.41) is 6.19. The van der Waals surface area contributed by atoms with E-state index in [0.717, 1.165) is 36.2 Å². The number of aryl methyl sites for hydroxylation is 3. The number of sulfonamides is 1. The number of nitrogens with one attached hydrogen (secondary N) is 2. The number of hydrogen-bond donors (Lipinski definition) is 2. The Hall–Kier alpha value is -1.41. The van der Waals surface area contributed by atoms with Crippen molar-refractivity contribution in [3.05, 3.63) is 40.5 Å². The van der Waals surface area contributed by atoms with E-state index in [4.69, 9.17) is 0 Å². The minimum absolute atomic E-state index is 0. The molecule has 1 aromatic carbocycles. The van der Waals surface area contributed by atoms with Crippen LogP contribution in [0.2, 0.25) is 0 Å². The highest BCUT2D eigenvalue weighted by Crippen LogP contribution is 2.30. The van der Waals surface area contributed by atoms with Gasteiger partial charge >= 0.3 is 0 Å². The second-order valence-corrected chi connectivity index (χ2v) is 9.36. The molecule has 0 radical (unpaired) electrons. The first-order valence-electron chi connectivity index (χ1n) is 9.56. The van der Waals surface area contributed by atoms with E-state index in [1.54, 1.807) is 0 Å². The van der Waals surface area contributed by atoms with Gasteiger partial charge in [0.15, 0.2) is 0 Å². The molecule has 1 atom stereocenters. The molecule has 0 aliphatic carbocycles. The highest BCUT2D eigenvalue weighted by Gasteiger charge is 2.40. The Morgan fingerprint density at radius 2 is 1.93 bits per heavy atom. The number of rotatable bonds is 5. The first kappa shape index (κ1) is 22.9. The van der Waals surface area contributed by atoms with Crippen molar-refractivity contribution in [2.24, 2.45) is 0 Å². The van der Waals surface area contributed by atoms with Crippen LogP contribution in [0.1, 0.15) is 36.0 Å². The zero-order valence-corrected chi connectivity index (χ0v) is 18.4.